The summed E-state index contributed by atoms with van der Waals surface area (Å²) in [6, 6.07) is -0.204. The van der Waals surface area contributed by atoms with Gasteiger partial charge in [0.1, 0.15) is 0 Å². The van der Waals surface area contributed by atoms with Crippen molar-refractivity contribution in [2.45, 2.75) is 26.1 Å². The van der Waals surface area contributed by atoms with Crippen LogP contribution in [0.4, 0.5) is 9.93 Å². The largest absolute Gasteiger partial charge is 0.373 e. The molecule has 0 aliphatic carbocycles. The van der Waals surface area contributed by atoms with Crippen molar-refractivity contribution in [3.05, 3.63) is 11.6 Å². The van der Waals surface area contributed by atoms with Crippen LogP contribution in [-0.4, -0.2) is 54.3 Å². The maximum Gasteiger partial charge on any atom is 0.321 e. The number of amides is 2. The number of aromatic nitrogens is 1. The summed E-state index contributed by atoms with van der Waals surface area (Å²) in [6.45, 7) is 7.44. The van der Waals surface area contributed by atoms with Gasteiger partial charge >= 0.3 is 6.03 Å². The second-order valence-corrected chi connectivity index (χ2v) is 5.63. The fourth-order valence-corrected chi connectivity index (χ4v) is 2.74. The highest BCUT2D eigenvalue weighted by molar-refractivity contribution is 7.13. The number of hydrogen-bond donors (Lipinski definition) is 2. The van der Waals surface area contributed by atoms with Gasteiger partial charge in [0.25, 0.3) is 0 Å². The van der Waals surface area contributed by atoms with Gasteiger partial charge in [-0.25, -0.2) is 9.78 Å². The molecule has 2 heterocycles. The number of nitrogens with zero attached hydrogens (tertiary/aromatic N) is 2. The number of nitrogens with one attached hydrogen (secondary N) is 2. The first kappa shape index (κ1) is 14.2. The second kappa shape index (κ2) is 6.83. The summed E-state index contributed by atoms with van der Waals surface area (Å²) >= 11 is 1.40. The van der Waals surface area contributed by atoms with E-state index < -0.39 is 0 Å². The van der Waals surface area contributed by atoms with Crippen LogP contribution < -0.4 is 10.6 Å². The highest BCUT2D eigenvalue weighted by Gasteiger charge is 2.21. The predicted octanol–water partition coefficient (Wildman–Crippen LogP) is 1.37. The molecule has 1 aromatic heterocycles. The summed E-state index contributed by atoms with van der Waals surface area (Å²) in [7, 11) is 0. The number of thiazole rings is 1. The molecule has 106 valence electrons. The topological polar surface area (TPSA) is 66.5 Å². The number of ether oxygens (including phenoxy) is 1. The number of hydrogen-bond acceptors (Lipinski definition) is 5. The van der Waals surface area contributed by atoms with Crippen molar-refractivity contribution in [1.82, 2.24) is 15.2 Å². The van der Waals surface area contributed by atoms with Crippen molar-refractivity contribution in [1.29, 1.82) is 0 Å². The summed E-state index contributed by atoms with van der Waals surface area (Å²) in [5.41, 5.74) is 0. The Labute approximate surface area is 117 Å². The number of urea groups is 1. The third-order valence-electron chi connectivity index (χ3n) is 2.86. The van der Waals surface area contributed by atoms with Gasteiger partial charge in [0.2, 0.25) is 0 Å². The highest BCUT2D eigenvalue weighted by Crippen LogP contribution is 2.10. The minimum absolute atomic E-state index is 0.204. The smallest absolute Gasteiger partial charge is 0.321 e. The van der Waals surface area contributed by atoms with Gasteiger partial charge in [0.15, 0.2) is 5.13 Å². The summed E-state index contributed by atoms with van der Waals surface area (Å²) in [5.74, 6) is 0. The summed E-state index contributed by atoms with van der Waals surface area (Å²) in [4.78, 5) is 17.9. The van der Waals surface area contributed by atoms with Crippen LogP contribution in [0.1, 0.15) is 13.8 Å². The molecule has 2 atom stereocenters. The normalized spacial score (nSPS) is 24.1. The number of rotatable bonds is 4. The van der Waals surface area contributed by atoms with Crippen molar-refractivity contribution in [3.63, 3.8) is 0 Å². The van der Waals surface area contributed by atoms with Gasteiger partial charge in [-0.05, 0) is 13.8 Å². The van der Waals surface area contributed by atoms with Crippen LogP contribution in [0.25, 0.3) is 0 Å². The molecule has 1 saturated heterocycles. The van der Waals surface area contributed by atoms with E-state index >= 15 is 0 Å². The molecule has 2 N–H and O–H groups in total. The Hall–Kier alpha value is -1.18. The van der Waals surface area contributed by atoms with E-state index in [0.717, 1.165) is 19.6 Å². The van der Waals surface area contributed by atoms with Gasteiger partial charge in [-0.15, -0.1) is 11.3 Å². The van der Waals surface area contributed by atoms with Crippen molar-refractivity contribution >= 4 is 22.5 Å². The van der Waals surface area contributed by atoms with Crippen LogP contribution in [0.5, 0.6) is 0 Å². The van der Waals surface area contributed by atoms with Gasteiger partial charge in [0.05, 0.1) is 12.2 Å². The third-order valence-corrected chi connectivity index (χ3v) is 3.55. The molecule has 2 rings (SSSR count). The second-order valence-electron chi connectivity index (χ2n) is 4.74. The van der Waals surface area contributed by atoms with Crippen molar-refractivity contribution in [2.75, 3.05) is 31.5 Å². The van der Waals surface area contributed by atoms with Crippen LogP contribution in [0.3, 0.4) is 0 Å². The van der Waals surface area contributed by atoms with E-state index in [0.29, 0.717) is 11.7 Å². The molecule has 1 fully saturated rings. The fourth-order valence-electron chi connectivity index (χ4n) is 2.22. The lowest BCUT2D eigenvalue weighted by molar-refractivity contribution is -0.0672. The molecule has 6 nitrogen and oxygen atoms in total. The van der Waals surface area contributed by atoms with Gasteiger partial charge in [-0.2, -0.15) is 0 Å². The van der Waals surface area contributed by atoms with E-state index in [1.807, 2.05) is 5.38 Å². The summed E-state index contributed by atoms with van der Waals surface area (Å²) in [6.07, 6.45) is 2.18. The van der Waals surface area contributed by atoms with Gasteiger partial charge in [-0.3, -0.25) is 10.2 Å². The highest BCUT2D eigenvalue weighted by atomic mass is 32.1. The molecular weight excluding hydrogens is 264 g/mol. The maximum atomic E-state index is 11.6. The average Bonchev–Trinajstić information content (AvgIpc) is 2.80. The van der Waals surface area contributed by atoms with E-state index in [9.17, 15) is 4.79 Å². The molecule has 19 heavy (non-hydrogen) atoms. The first-order valence-corrected chi connectivity index (χ1v) is 7.33. The molecule has 0 unspecified atom stereocenters. The predicted molar refractivity (Wildman–Crippen MR) is 75.6 cm³/mol. The molecule has 0 saturated carbocycles. The summed E-state index contributed by atoms with van der Waals surface area (Å²) < 4.78 is 5.67. The molecule has 0 bridgehead atoms. The molecular formula is C12H20N4O2S. The van der Waals surface area contributed by atoms with Crippen molar-refractivity contribution in [3.8, 4) is 0 Å². The van der Waals surface area contributed by atoms with Gasteiger partial charge in [0, 0.05) is 37.8 Å². The maximum absolute atomic E-state index is 11.6. The minimum atomic E-state index is -0.204. The number of morpholine rings is 1. The van der Waals surface area contributed by atoms with E-state index in [-0.39, 0.29) is 18.2 Å². The quantitative estimate of drug-likeness (QED) is 0.876. The molecule has 0 aromatic carbocycles. The Balaban J connectivity index is 1.64. The van der Waals surface area contributed by atoms with Gasteiger partial charge < -0.3 is 10.1 Å². The molecule has 1 aliphatic heterocycles. The lowest BCUT2D eigenvalue weighted by Gasteiger charge is -2.35. The van der Waals surface area contributed by atoms with Crippen LogP contribution in [0.2, 0.25) is 0 Å². The Morgan fingerprint density at radius 1 is 1.53 bits per heavy atom. The summed E-state index contributed by atoms with van der Waals surface area (Å²) in [5, 5.41) is 7.97. The van der Waals surface area contributed by atoms with Crippen LogP contribution in [-0.2, 0) is 4.74 Å². The Bertz CT molecular complexity index is 388. The monoisotopic (exact) mass is 284 g/mol. The zero-order chi connectivity index (χ0) is 13.7. The van der Waals surface area contributed by atoms with Gasteiger partial charge in [-0.1, -0.05) is 0 Å². The number of anilines is 1. The standard InChI is InChI=1S/C12H20N4O2S/c1-9-7-16(8-10(2)18-9)5-3-13-11(17)15-12-14-4-6-19-12/h4,6,9-10H,3,5,7-8H2,1-2H3,(H2,13,14,15,17)/t9-,10+. The first-order chi connectivity index (χ1) is 9.13. The first-order valence-electron chi connectivity index (χ1n) is 6.45. The van der Waals surface area contributed by atoms with Crippen LogP contribution >= 0.6 is 11.3 Å². The zero-order valence-electron chi connectivity index (χ0n) is 11.3. The number of carbonyl (C=O) groups is 1. The Morgan fingerprint density at radius 3 is 2.89 bits per heavy atom. The third kappa shape index (κ3) is 4.77. The lowest BCUT2D eigenvalue weighted by atomic mass is 10.2. The minimum Gasteiger partial charge on any atom is -0.373 e. The van der Waals surface area contributed by atoms with Crippen molar-refractivity contribution < 1.29 is 9.53 Å². The fraction of sp³-hybridized carbons (Fsp3) is 0.667. The average molecular weight is 284 g/mol. The SMILES string of the molecule is C[C@@H]1CN(CCNC(=O)Nc2nccs2)C[C@H](C)O1. The molecule has 7 heteroatoms. The zero-order valence-corrected chi connectivity index (χ0v) is 12.1. The van der Waals surface area contributed by atoms with E-state index in [2.05, 4.69) is 34.4 Å². The Kier molecular flexibility index (Phi) is 5.12. The van der Waals surface area contributed by atoms with Crippen LogP contribution in [0, 0.1) is 0 Å². The lowest BCUT2D eigenvalue weighted by Crippen LogP contribution is -2.48. The molecule has 0 spiro atoms. The van der Waals surface area contributed by atoms with E-state index in [1.54, 1.807) is 6.20 Å². The Morgan fingerprint density at radius 2 is 2.26 bits per heavy atom. The molecule has 1 aromatic rings. The number of carbonyl (C=O) groups excluding carboxylic acids is 1. The van der Waals surface area contributed by atoms with Crippen molar-refractivity contribution in [2.24, 2.45) is 0 Å². The van der Waals surface area contributed by atoms with E-state index in [4.69, 9.17) is 4.74 Å². The molecule has 1 aliphatic rings. The van der Waals surface area contributed by atoms with E-state index in [1.165, 1.54) is 11.3 Å². The molecule has 2 amide bonds. The van der Waals surface area contributed by atoms with Crippen LogP contribution in [0.15, 0.2) is 11.6 Å². The molecule has 0 radical (unpaired) electrons.